The Kier molecular flexibility index (Phi) is 7.12. The van der Waals surface area contributed by atoms with Crippen molar-refractivity contribution in [2.75, 3.05) is 32.2 Å². The Hall–Kier alpha value is -0.820. The van der Waals surface area contributed by atoms with Gasteiger partial charge in [0.1, 0.15) is 9.84 Å². The second kappa shape index (κ2) is 8.15. The zero-order valence-corrected chi connectivity index (χ0v) is 15.3. The van der Waals surface area contributed by atoms with Crippen LogP contribution in [-0.2, 0) is 14.6 Å². The van der Waals surface area contributed by atoms with Gasteiger partial charge in [-0.1, -0.05) is 13.8 Å². The molecule has 2 unspecified atom stereocenters. The molecule has 0 radical (unpaired) electrons. The molecule has 0 aliphatic heterocycles. The topological polar surface area (TPSA) is 79.8 Å². The lowest BCUT2D eigenvalue weighted by Gasteiger charge is -2.55. The largest absolute Gasteiger partial charge is 0.378 e. The molecule has 0 heterocycles. The van der Waals surface area contributed by atoms with Gasteiger partial charge in [-0.05, 0) is 26.2 Å². The van der Waals surface area contributed by atoms with Crippen molar-refractivity contribution in [3.63, 3.8) is 0 Å². The van der Waals surface area contributed by atoms with Gasteiger partial charge in [-0.2, -0.15) is 0 Å². The SMILES string of the molecule is CCOC1CC(NC(=NC)NCCS(C)(=O)=O)C1(CC)CC. The van der Waals surface area contributed by atoms with Crippen LogP contribution in [0, 0.1) is 5.41 Å². The minimum atomic E-state index is -2.96. The maximum absolute atomic E-state index is 11.2. The third-order valence-corrected chi connectivity index (χ3v) is 5.71. The second-order valence-corrected chi connectivity index (χ2v) is 8.21. The number of guanidine groups is 1. The third-order valence-electron chi connectivity index (χ3n) is 4.77. The lowest BCUT2D eigenvalue weighted by atomic mass is 9.58. The summed E-state index contributed by atoms with van der Waals surface area (Å²) in [5.41, 5.74) is 0.129. The molecule has 1 rings (SSSR count). The highest BCUT2D eigenvalue weighted by atomic mass is 32.2. The maximum Gasteiger partial charge on any atom is 0.191 e. The number of rotatable bonds is 8. The molecule has 0 aromatic heterocycles. The van der Waals surface area contributed by atoms with E-state index in [-0.39, 0.29) is 11.2 Å². The normalized spacial score (nSPS) is 24.7. The maximum atomic E-state index is 11.2. The van der Waals surface area contributed by atoms with Gasteiger partial charge in [-0.15, -0.1) is 0 Å². The minimum absolute atomic E-state index is 0.104. The fourth-order valence-electron chi connectivity index (χ4n) is 3.30. The van der Waals surface area contributed by atoms with Crippen molar-refractivity contribution >= 4 is 15.8 Å². The van der Waals surface area contributed by atoms with Crippen molar-refractivity contribution in [2.45, 2.75) is 52.2 Å². The van der Waals surface area contributed by atoms with Crippen LogP contribution in [0.4, 0.5) is 0 Å². The summed E-state index contributed by atoms with van der Waals surface area (Å²) in [6, 6.07) is 0.309. The van der Waals surface area contributed by atoms with Crippen molar-refractivity contribution in [1.29, 1.82) is 0 Å². The van der Waals surface area contributed by atoms with E-state index in [9.17, 15) is 8.42 Å². The molecule has 0 spiro atoms. The van der Waals surface area contributed by atoms with Crippen LogP contribution in [0.3, 0.4) is 0 Å². The smallest absolute Gasteiger partial charge is 0.191 e. The van der Waals surface area contributed by atoms with E-state index < -0.39 is 9.84 Å². The molecule has 1 saturated carbocycles. The summed E-state index contributed by atoms with van der Waals surface area (Å²) in [6.45, 7) is 7.53. The standard InChI is InChI=1S/C15H31N3O3S/c1-6-15(7-2)12(11-13(15)21-8-3)18-14(16-4)17-9-10-22(5,19)20/h12-13H,6-11H2,1-5H3,(H2,16,17,18). The van der Waals surface area contributed by atoms with Crippen LogP contribution in [-0.4, -0.2) is 58.7 Å². The highest BCUT2D eigenvalue weighted by molar-refractivity contribution is 7.90. The summed E-state index contributed by atoms with van der Waals surface area (Å²) in [4.78, 5) is 4.19. The fourth-order valence-corrected chi connectivity index (χ4v) is 3.77. The first-order chi connectivity index (χ1) is 10.3. The summed E-state index contributed by atoms with van der Waals surface area (Å²) >= 11 is 0. The highest BCUT2D eigenvalue weighted by Gasteiger charge is 2.53. The van der Waals surface area contributed by atoms with Crippen molar-refractivity contribution in [3.8, 4) is 0 Å². The molecular weight excluding hydrogens is 302 g/mol. The Morgan fingerprint density at radius 2 is 1.95 bits per heavy atom. The van der Waals surface area contributed by atoms with E-state index in [1.54, 1.807) is 7.05 Å². The van der Waals surface area contributed by atoms with Crippen LogP contribution >= 0.6 is 0 Å². The van der Waals surface area contributed by atoms with E-state index in [1.807, 2.05) is 6.92 Å². The summed E-state index contributed by atoms with van der Waals surface area (Å²) in [6.07, 6.45) is 4.59. The van der Waals surface area contributed by atoms with Crippen molar-refractivity contribution in [3.05, 3.63) is 0 Å². The number of hydrogen-bond donors (Lipinski definition) is 2. The van der Waals surface area contributed by atoms with Gasteiger partial charge >= 0.3 is 0 Å². The molecule has 0 saturated heterocycles. The number of nitrogens with zero attached hydrogens (tertiary/aromatic N) is 1. The molecule has 2 N–H and O–H groups in total. The van der Waals surface area contributed by atoms with E-state index in [0.29, 0.717) is 24.7 Å². The van der Waals surface area contributed by atoms with E-state index in [0.717, 1.165) is 25.9 Å². The number of nitrogens with one attached hydrogen (secondary N) is 2. The Labute approximate surface area is 135 Å². The van der Waals surface area contributed by atoms with Crippen molar-refractivity contribution in [2.24, 2.45) is 10.4 Å². The van der Waals surface area contributed by atoms with Gasteiger partial charge in [-0.3, -0.25) is 4.99 Å². The van der Waals surface area contributed by atoms with Gasteiger partial charge in [0.05, 0.1) is 11.9 Å². The molecule has 0 aromatic rings. The second-order valence-electron chi connectivity index (χ2n) is 5.95. The number of hydrogen-bond acceptors (Lipinski definition) is 4. The highest BCUT2D eigenvalue weighted by Crippen LogP contribution is 2.48. The third kappa shape index (κ3) is 4.59. The molecular formula is C15H31N3O3S. The molecule has 1 fully saturated rings. The zero-order valence-electron chi connectivity index (χ0n) is 14.5. The Morgan fingerprint density at radius 1 is 1.32 bits per heavy atom. The van der Waals surface area contributed by atoms with Gasteiger partial charge in [0, 0.05) is 37.9 Å². The lowest BCUT2D eigenvalue weighted by molar-refractivity contribution is -0.133. The van der Waals surface area contributed by atoms with Crippen LogP contribution in [0.1, 0.15) is 40.0 Å². The summed E-state index contributed by atoms with van der Waals surface area (Å²) in [5, 5.41) is 6.51. The molecule has 0 bridgehead atoms. The van der Waals surface area contributed by atoms with Crippen LogP contribution in [0.15, 0.2) is 4.99 Å². The zero-order chi connectivity index (χ0) is 16.8. The van der Waals surface area contributed by atoms with Crippen LogP contribution in [0.2, 0.25) is 0 Å². The average molecular weight is 333 g/mol. The van der Waals surface area contributed by atoms with Crippen LogP contribution < -0.4 is 10.6 Å². The molecule has 0 aromatic carbocycles. The molecule has 7 heteroatoms. The summed E-state index contributed by atoms with van der Waals surface area (Å²) < 4.78 is 28.2. The Balaban J connectivity index is 2.60. The summed E-state index contributed by atoms with van der Waals surface area (Å²) in [5.74, 6) is 0.766. The predicted molar refractivity (Wildman–Crippen MR) is 91.0 cm³/mol. The Bertz CT molecular complexity index is 472. The molecule has 6 nitrogen and oxygen atoms in total. The predicted octanol–water partition coefficient (Wildman–Crippen LogP) is 1.18. The lowest BCUT2D eigenvalue weighted by Crippen LogP contribution is -2.65. The minimum Gasteiger partial charge on any atom is -0.378 e. The van der Waals surface area contributed by atoms with Gasteiger partial charge in [-0.25, -0.2) is 8.42 Å². The summed E-state index contributed by atoms with van der Waals surface area (Å²) in [7, 11) is -1.26. The quantitative estimate of drug-likeness (QED) is 0.515. The molecule has 1 aliphatic rings. The first kappa shape index (κ1) is 19.2. The van der Waals surface area contributed by atoms with Gasteiger partial charge in [0.2, 0.25) is 0 Å². The number of ether oxygens (including phenoxy) is 1. The first-order valence-electron chi connectivity index (χ1n) is 8.09. The fraction of sp³-hybridized carbons (Fsp3) is 0.933. The molecule has 2 atom stereocenters. The first-order valence-corrected chi connectivity index (χ1v) is 10.2. The van der Waals surface area contributed by atoms with Crippen LogP contribution in [0.5, 0.6) is 0 Å². The van der Waals surface area contributed by atoms with E-state index in [2.05, 4.69) is 29.5 Å². The monoisotopic (exact) mass is 333 g/mol. The van der Waals surface area contributed by atoms with Crippen molar-refractivity contribution in [1.82, 2.24) is 10.6 Å². The number of aliphatic imine (C=N–C) groups is 1. The molecule has 0 amide bonds. The number of sulfone groups is 1. The van der Waals surface area contributed by atoms with E-state index in [4.69, 9.17) is 4.74 Å². The van der Waals surface area contributed by atoms with E-state index >= 15 is 0 Å². The van der Waals surface area contributed by atoms with E-state index in [1.165, 1.54) is 6.26 Å². The molecule has 130 valence electrons. The molecule has 22 heavy (non-hydrogen) atoms. The van der Waals surface area contributed by atoms with Crippen molar-refractivity contribution < 1.29 is 13.2 Å². The average Bonchev–Trinajstić information content (AvgIpc) is 2.44. The van der Waals surface area contributed by atoms with Gasteiger partial charge < -0.3 is 15.4 Å². The Morgan fingerprint density at radius 3 is 2.41 bits per heavy atom. The molecule has 1 aliphatic carbocycles. The van der Waals surface area contributed by atoms with Gasteiger partial charge in [0.25, 0.3) is 0 Å². The van der Waals surface area contributed by atoms with Crippen LogP contribution in [0.25, 0.3) is 0 Å². The van der Waals surface area contributed by atoms with Gasteiger partial charge in [0.15, 0.2) is 5.96 Å².